The van der Waals surface area contributed by atoms with Gasteiger partial charge in [0.05, 0.1) is 60.5 Å². The number of nitrogens with zero attached hydrogens (tertiary/aromatic N) is 11. The molecule has 0 aliphatic heterocycles. The molecule has 0 unspecified atom stereocenters. The van der Waals surface area contributed by atoms with Crippen LogP contribution in [0.15, 0.2) is 161 Å². The molecule has 0 amide bonds. The molecule has 0 spiro atoms. The van der Waals surface area contributed by atoms with Crippen LogP contribution in [-0.4, -0.2) is 122 Å². The third-order valence-electron chi connectivity index (χ3n) is 11.5. The number of phenolic OH excluding ortho intramolecular Hbond substituents is 2. The van der Waals surface area contributed by atoms with Gasteiger partial charge >= 0.3 is 11.9 Å². The summed E-state index contributed by atoms with van der Waals surface area (Å²) in [6, 6.07) is 11.1. The number of azo groups is 4. The van der Waals surface area contributed by atoms with Gasteiger partial charge in [-0.05, 0) is 78.9 Å². The Bertz CT molecular complexity index is 5080. The van der Waals surface area contributed by atoms with Crippen LogP contribution in [0.5, 0.6) is 17.4 Å². The summed E-state index contributed by atoms with van der Waals surface area (Å²) in [5, 5.41) is 107. The molecule has 0 radical (unpaired) electrons. The number of aromatic nitrogens is 2. The zero-order valence-corrected chi connectivity index (χ0v) is 47.0. The lowest BCUT2D eigenvalue weighted by Crippen LogP contribution is -2.03. The summed E-state index contributed by atoms with van der Waals surface area (Å²) in [4.78, 5) is 28.1. The number of nitrogen functional groups attached to an aromatic ring is 1. The van der Waals surface area contributed by atoms with Crippen molar-refractivity contribution in [1.82, 2.24) is 9.78 Å². The van der Waals surface area contributed by atoms with Gasteiger partial charge in [0.1, 0.15) is 48.0 Å². The van der Waals surface area contributed by atoms with Crippen molar-refractivity contribution in [2.75, 3.05) is 5.73 Å². The second kappa shape index (κ2) is 23.7. The van der Waals surface area contributed by atoms with Crippen molar-refractivity contribution in [1.29, 1.82) is 0 Å². The van der Waals surface area contributed by atoms with Crippen molar-refractivity contribution in [3.8, 4) is 23.1 Å². The number of aromatic carboxylic acids is 2. The molecule has 8 rings (SSSR count). The quantitative estimate of drug-likeness (QED) is 0.00646. The molecule has 458 valence electrons. The van der Waals surface area contributed by atoms with Crippen molar-refractivity contribution < 1.29 is 120 Å². The summed E-state index contributed by atoms with van der Waals surface area (Å²) < 4.78 is 181. The molecular formula is C43H28N12O27S6. The Morgan fingerprint density at radius 1 is 0.568 bits per heavy atom. The fourth-order valence-electron chi connectivity index (χ4n) is 7.79. The van der Waals surface area contributed by atoms with E-state index in [0.29, 0.717) is 35.0 Å². The van der Waals surface area contributed by atoms with Gasteiger partial charge in [-0.1, -0.05) is 5.04 Å². The molecule has 39 nitrogen and oxygen atoms in total. The zero-order chi connectivity index (χ0) is 64.9. The highest BCUT2D eigenvalue weighted by atomic mass is 32.2. The SMILES string of the molecule is Nc1c(N=Nc2ccc3c(O)c(N=Nc4cc(N=Nc5c(C(=O)O)nn(-c6ccc(S(=O)(=O)O)cc6)c5O)cc(C(=O)O)c4)c(S(=O)(=O)O)cc3c2S(=O)(=O)O)cc(S(=O)(=O)O)c2cc(SOOO)c(N=Nc3ccc([N+](=O)[O-])cc3S(=O)(=O)O)c(O)c12. The number of rotatable bonds is 20. The topological polar surface area (TPSA) is 632 Å². The maximum Gasteiger partial charge on any atom is 0.358 e. The van der Waals surface area contributed by atoms with Crippen LogP contribution >= 0.6 is 12.0 Å². The van der Waals surface area contributed by atoms with E-state index in [-0.39, 0.29) is 17.7 Å². The van der Waals surface area contributed by atoms with Crippen LogP contribution in [-0.2, 0) is 60.0 Å². The number of anilines is 1. The first-order valence-electron chi connectivity index (χ1n) is 22.4. The number of phenols is 2. The smallest absolute Gasteiger partial charge is 0.358 e. The predicted octanol–water partition coefficient (Wildman–Crippen LogP) is 8.51. The fourth-order valence-corrected chi connectivity index (χ4v) is 11.6. The average Bonchev–Trinajstić information content (AvgIpc) is 0.953. The Labute approximate surface area is 491 Å². The first kappa shape index (κ1) is 64.0. The highest BCUT2D eigenvalue weighted by Gasteiger charge is 2.31. The van der Waals surface area contributed by atoms with Gasteiger partial charge < -0.3 is 31.3 Å². The summed E-state index contributed by atoms with van der Waals surface area (Å²) in [7, 11) is -26.9. The Balaban J connectivity index is 1.23. The maximum absolute atomic E-state index is 13.2. The number of hydrogen-bond acceptors (Lipinski definition) is 31. The second-order valence-electron chi connectivity index (χ2n) is 17.0. The lowest BCUT2D eigenvalue weighted by molar-refractivity contribution is -0.432. The van der Waals surface area contributed by atoms with Crippen LogP contribution < -0.4 is 5.73 Å². The zero-order valence-electron chi connectivity index (χ0n) is 42.1. The Kier molecular flexibility index (Phi) is 17.2. The van der Waals surface area contributed by atoms with Gasteiger partial charge in [-0.15, -0.1) is 35.0 Å². The number of benzene rings is 7. The van der Waals surface area contributed by atoms with Gasteiger partial charge in [0.2, 0.25) is 11.6 Å². The molecule has 88 heavy (non-hydrogen) atoms. The Hall–Kier alpha value is -10.0. The number of non-ortho nitro benzene ring substituents is 1. The summed E-state index contributed by atoms with van der Waals surface area (Å²) in [6.07, 6.45) is 0. The number of carboxylic acid groups (broad SMARTS) is 2. The van der Waals surface area contributed by atoms with E-state index in [4.69, 9.17) is 11.0 Å². The first-order valence-corrected chi connectivity index (χ1v) is 30.3. The summed E-state index contributed by atoms with van der Waals surface area (Å²) in [6.45, 7) is 0. The number of nitro groups is 1. The minimum Gasteiger partial charge on any atom is -0.505 e. The number of carbonyl (C=O) groups is 2. The molecule has 0 aliphatic rings. The normalized spacial score (nSPS) is 12.8. The number of aromatic hydroxyl groups is 3. The molecule has 0 bridgehead atoms. The second-order valence-corrected chi connectivity index (χ2v) is 24.7. The van der Waals surface area contributed by atoms with E-state index in [1.165, 1.54) is 0 Å². The minimum atomic E-state index is -5.74. The molecule has 0 saturated carbocycles. The van der Waals surface area contributed by atoms with Gasteiger partial charge in [0, 0.05) is 28.3 Å². The van der Waals surface area contributed by atoms with Crippen LogP contribution in [0.3, 0.4) is 0 Å². The van der Waals surface area contributed by atoms with E-state index in [2.05, 4.69) is 55.4 Å². The third-order valence-corrected chi connectivity index (χ3v) is 16.6. The van der Waals surface area contributed by atoms with Crippen molar-refractivity contribution in [3.63, 3.8) is 0 Å². The number of hydrogen-bond donors (Lipinski definition) is 12. The Morgan fingerprint density at radius 3 is 1.68 bits per heavy atom. The molecule has 8 aromatic rings. The Morgan fingerprint density at radius 2 is 1.14 bits per heavy atom. The van der Waals surface area contributed by atoms with E-state index in [0.717, 1.165) is 60.7 Å². The van der Waals surface area contributed by atoms with Crippen molar-refractivity contribution in [2.24, 2.45) is 40.9 Å². The van der Waals surface area contributed by atoms with E-state index < -0.39 is 204 Å². The van der Waals surface area contributed by atoms with Crippen LogP contribution in [0.1, 0.15) is 20.8 Å². The number of nitro benzene ring substituents is 1. The van der Waals surface area contributed by atoms with Crippen LogP contribution in [0.4, 0.5) is 56.9 Å². The first-order chi connectivity index (χ1) is 40.9. The molecule has 0 saturated heterocycles. The van der Waals surface area contributed by atoms with Gasteiger partial charge in [-0.25, -0.2) is 14.8 Å². The van der Waals surface area contributed by atoms with Gasteiger partial charge in [0.15, 0.2) is 17.2 Å². The van der Waals surface area contributed by atoms with Crippen LogP contribution in [0.2, 0.25) is 0 Å². The number of nitrogens with two attached hydrogens (primary N) is 1. The lowest BCUT2D eigenvalue weighted by atomic mass is 10.0. The average molecular weight is 1340 g/mol. The maximum atomic E-state index is 13.2. The summed E-state index contributed by atoms with van der Waals surface area (Å²) in [5.41, 5.74) is -3.93. The molecule has 1 aromatic heterocycles. The molecule has 0 fully saturated rings. The van der Waals surface area contributed by atoms with Crippen LogP contribution in [0, 0.1) is 10.1 Å². The van der Waals surface area contributed by atoms with E-state index in [1.807, 2.05) is 0 Å². The predicted molar refractivity (Wildman–Crippen MR) is 291 cm³/mol. The monoisotopic (exact) mass is 1340 g/mol. The lowest BCUT2D eigenvalue weighted by Gasteiger charge is -2.15. The number of carboxylic acids is 2. The summed E-state index contributed by atoms with van der Waals surface area (Å²) >= 11 is -0.0484. The molecule has 0 aliphatic carbocycles. The van der Waals surface area contributed by atoms with Crippen LogP contribution in [0.25, 0.3) is 27.2 Å². The van der Waals surface area contributed by atoms with Crippen molar-refractivity contribution >= 4 is 153 Å². The number of fused-ring (bicyclic) bond motifs is 2. The minimum absolute atomic E-state index is 0.0484. The molecule has 7 aromatic carbocycles. The van der Waals surface area contributed by atoms with Crippen molar-refractivity contribution in [2.45, 2.75) is 29.4 Å². The van der Waals surface area contributed by atoms with E-state index in [9.17, 15) is 110 Å². The third kappa shape index (κ3) is 13.2. The fraction of sp³-hybridized carbons (Fsp3) is 0. The summed E-state index contributed by atoms with van der Waals surface area (Å²) in [5.74, 6) is -7.08. The standard InChI is InChI=1S/C43H28N12O27S6/c44-33-27(15-29(85(69,70)71)24-13-28(83-82-81-65)34(39(57)32(24)33)50-47-25-7-3-20(55(63)64)12-30(25)86(72,73)74)49-48-26-8-6-22-23(40(26)88(78,79)80)14-31(87(75,76)77)35(38(22)56)51-45-17-9-16(42(59)60)10-18(11-17)46-52-36-37(43(61)62)53-54(41(36)58)19-1-4-21(5-2-19)84(66,67)68/h1-15,56-58,65H,44H2,(H,59,60)(H,61,62)(H,66,67,68)(H,69,70,71)(H,72,73,74)(H,75,76,77)(H,78,79,80). The largest absolute Gasteiger partial charge is 0.505 e. The highest BCUT2D eigenvalue weighted by Crippen LogP contribution is 2.51. The van der Waals surface area contributed by atoms with Gasteiger partial charge in [-0.3, -0.25) is 32.9 Å². The molecule has 45 heteroatoms. The molecular weight excluding hydrogens is 1310 g/mol. The van der Waals surface area contributed by atoms with E-state index >= 15 is 0 Å². The molecule has 0 atom stereocenters. The van der Waals surface area contributed by atoms with Gasteiger partial charge in [0.25, 0.3) is 56.3 Å². The molecule has 1 heterocycles. The van der Waals surface area contributed by atoms with E-state index in [1.54, 1.807) is 0 Å². The van der Waals surface area contributed by atoms with Gasteiger partial charge in [-0.2, -0.15) is 62.1 Å². The van der Waals surface area contributed by atoms with Crippen molar-refractivity contribution in [3.05, 3.63) is 112 Å². The highest BCUT2D eigenvalue weighted by molar-refractivity contribution is 7.94. The molecule has 13 N–H and O–H groups in total.